The maximum Gasteiger partial charge on any atom is 0.169 e. The smallest absolute Gasteiger partial charge is 0.169 e. The van der Waals surface area contributed by atoms with Gasteiger partial charge < -0.3 is 9.84 Å². The molecule has 3 nitrogen and oxygen atoms in total. The van der Waals surface area contributed by atoms with E-state index in [0.29, 0.717) is 5.75 Å². The number of rotatable bonds is 3. The molecule has 0 bridgehead atoms. The number of hydrogen-bond donors (Lipinski definition) is 1. The quantitative estimate of drug-likeness (QED) is 0.770. The van der Waals surface area contributed by atoms with E-state index >= 15 is 0 Å². The fraction of sp³-hybridized carbons (Fsp3) is 0.300. The second-order valence-electron chi connectivity index (χ2n) is 2.86. The Bertz CT molecular complexity index is 290. The fourth-order valence-corrected chi connectivity index (χ4v) is 0.812. The van der Waals surface area contributed by atoms with Crippen LogP contribution in [-0.4, -0.2) is 17.0 Å². The van der Waals surface area contributed by atoms with Gasteiger partial charge in [-0.1, -0.05) is 0 Å². The Kier molecular flexibility index (Phi) is 2.90. The summed E-state index contributed by atoms with van der Waals surface area (Å²) in [5.41, 5.74) is 0. The Morgan fingerprint density at radius 3 is 2.38 bits per heavy atom. The Morgan fingerprint density at radius 1 is 1.38 bits per heavy atom. The summed E-state index contributed by atoms with van der Waals surface area (Å²) in [6, 6.07) is 6.27. The molecule has 0 heterocycles. The first-order valence-electron chi connectivity index (χ1n) is 4.05. The predicted octanol–water partition coefficient (Wildman–Crippen LogP) is 1.75. The molecule has 0 aliphatic carbocycles. The number of phenolic OH excluding ortho intramolecular Hbond substituents is 1. The molecule has 13 heavy (non-hydrogen) atoms. The van der Waals surface area contributed by atoms with Crippen LogP contribution in [0.25, 0.3) is 0 Å². The SMILES string of the molecule is CC(=O)[C@@H](C)Oc1ccc(O)cc1. The van der Waals surface area contributed by atoms with E-state index in [9.17, 15) is 4.79 Å². The fourth-order valence-electron chi connectivity index (χ4n) is 0.812. The molecule has 0 aliphatic rings. The van der Waals surface area contributed by atoms with Crippen LogP contribution in [0.5, 0.6) is 11.5 Å². The van der Waals surface area contributed by atoms with Crippen molar-refractivity contribution >= 4 is 5.78 Å². The number of ketones is 1. The second-order valence-corrected chi connectivity index (χ2v) is 2.86. The van der Waals surface area contributed by atoms with Gasteiger partial charge in [0.25, 0.3) is 0 Å². The first-order valence-corrected chi connectivity index (χ1v) is 4.05. The molecule has 0 spiro atoms. The molecular weight excluding hydrogens is 168 g/mol. The van der Waals surface area contributed by atoms with Gasteiger partial charge in [0, 0.05) is 0 Å². The predicted molar refractivity (Wildman–Crippen MR) is 48.9 cm³/mol. The van der Waals surface area contributed by atoms with Crippen molar-refractivity contribution in [3.8, 4) is 11.5 Å². The third-order valence-corrected chi connectivity index (χ3v) is 1.72. The van der Waals surface area contributed by atoms with E-state index in [1.54, 1.807) is 19.1 Å². The van der Waals surface area contributed by atoms with Crippen LogP contribution in [0.3, 0.4) is 0 Å². The molecule has 1 N–H and O–H groups in total. The van der Waals surface area contributed by atoms with Crippen LogP contribution in [0.2, 0.25) is 0 Å². The monoisotopic (exact) mass is 180 g/mol. The first kappa shape index (κ1) is 9.58. The lowest BCUT2D eigenvalue weighted by molar-refractivity contribution is -0.122. The van der Waals surface area contributed by atoms with Gasteiger partial charge in [-0.15, -0.1) is 0 Å². The van der Waals surface area contributed by atoms with Crippen LogP contribution < -0.4 is 4.74 Å². The largest absolute Gasteiger partial charge is 0.508 e. The highest BCUT2D eigenvalue weighted by atomic mass is 16.5. The number of benzene rings is 1. The molecule has 0 saturated heterocycles. The number of phenols is 1. The summed E-state index contributed by atoms with van der Waals surface area (Å²) in [4.78, 5) is 10.8. The summed E-state index contributed by atoms with van der Waals surface area (Å²) in [5, 5.41) is 8.98. The summed E-state index contributed by atoms with van der Waals surface area (Å²) in [5.74, 6) is 0.747. The first-order chi connectivity index (χ1) is 6.09. The zero-order valence-electron chi connectivity index (χ0n) is 7.65. The highest BCUT2D eigenvalue weighted by molar-refractivity contribution is 5.80. The zero-order valence-corrected chi connectivity index (χ0v) is 7.65. The van der Waals surface area contributed by atoms with Crippen molar-refractivity contribution in [2.75, 3.05) is 0 Å². The summed E-state index contributed by atoms with van der Waals surface area (Å²) >= 11 is 0. The maximum absolute atomic E-state index is 10.8. The van der Waals surface area contributed by atoms with Crippen molar-refractivity contribution < 1.29 is 14.6 Å². The molecular formula is C10H12O3. The summed E-state index contributed by atoms with van der Waals surface area (Å²) in [6.07, 6.45) is -0.440. The molecule has 0 amide bonds. The van der Waals surface area contributed by atoms with Crippen molar-refractivity contribution in [3.05, 3.63) is 24.3 Å². The van der Waals surface area contributed by atoms with Crippen molar-refractivity contribution in [2.24, 2.45) is 0 Å². The van der Waals surface area contributed by atoms with E-state index in [1.165, 1.54) is 19.1 Å². The summed E-state index contributed by atoms with van der Waals surface area (Å²) in [7, 11) is 0. The third-order valence-electron chi connectivity index (χ3n) is 1.72. The Hall–Kier alpha value is -1.51. The number of carbonyl (C=O) groups is 1. The summed E-state index contributed by atoms with van der Waals surface area (Å²) in [6.45, 7) is 3.17. The average Bonchev–Trinajstić information content (AvgIpc) is 2.08. The molecule has 0 fully saturated rings. The molecule has 70 valence electrons. The van der Waals surface area contributed by atoms with Gasteiger partial charge in [0.15, 0.2) is 11.9 Å². The van der Waals surface area contributed by atoms with Crippen LogP contribution in [-0.2, 0) is 4.79 Å². The topological polar surface area (TPSA) is 46.5 Å². The Morgan fingerprint density at radius 2 is 1.92 bits per heavy atom. The lowest BCUT2D eigenvalue weighted by atomic mass is 10.3. The maximum atomic E-state index is 10.8. The van der Waals surface area contributed by atoms with Crippen molar-refractivity contribution in [2.45, 2.75) is 20.0 Å². The molecule has 1 aromatic carbocycles. The van der Waals surface area contributed by atoms with E-state index in [1.807, 2.05) is 0 Å². The highest BCUT2D eigenvalue weighted by Gasteiger charge is 2.08. The molecule has 1 rings (SSSR count). The number of ether oxygens (including phenoxy) is 1. The van der Waals surface area contributed by atoms with Crippen molar-refractivity contribution in [1.82, 2.24) is 0 Å². The van der Waals surface area contributed by atoms with E-state index < -0.39 is 6.10 Å². The standard InChI is InChI=1S/C10H12O3/c1-7(11)8(2)13-10-5-3-9(12)4-6-10/h3-6,8,12H,1-2H3/t8-/m1/s1. The average molecular weight is 180 g/mol. The van der Waals surface area contributed by atoms with Gasteiger partial charge in [-0.2, -0.15) is 0 Å². The zero-order chi connectivity index (χ0) is 9.84. The molecule has 3 heteroatoms. The van der Waals surface area contributed by atoms with Gasteiger partial charge in [0.2, 0.25) is 0 Å². The Labute approximate surface area is 77.0 Å². The summed E-state index contributed by atoms with van der Waals surface area (Å²) < 4.78 is 5.27. The van der Waals surface area contributed by atoms with Crippen LogP contribution in [0.1, 0.15) is 13.8 Å². The van der Waals surface area contributed by atoms with Crippen molar-refractivity contribution in [1.29, 1.82) is 0 Å². The molecule has 0 aliphatic heterocycles. The molecule has 0 unspecified atom stereocenters. The molecule has 0 radical (unpaired) electrons. The van der Waals surface area contributed by atoms with Crippen LogP contribution in [0.15, 0.2) is 24.3 Å². The normalized spacial score (nSPS) is 12.2. The minimum Gasteiger partial charge on any atom is -0.508 e. The number of hydrogen-bond acceptors (Lipinski definition) is 3. The van der Waals surface area contributed by atoms with E-state index in [-0.39, 0.29) is 11.5 Å². The molecule has 1 atom stereocenters. The molecule has 1 aromatic rings. The lowest BCUT2D eigenvalue weighted by Gasteiger charge is -2.10. The highest BCUT2D eigenvalue weighted by Crippen LogP contribution is 2.17. The van der Waals surface area contributed by atoms with Crippen LogP contribution >= 0.6 is 0 Å². The van der Waals surface area contributed by atoms with E-state index in [4.69, 9.17) is 9.84 Å². The second kappa shape index (κ2) is 3.94. The van der Waals surface area contributed by atoms with Crippen LogP contribution in [0.4, 0.5) is 0 Å². The minimum absolute atomic E-state index is 0.0203. The number of aromatic hydroxyl groups is 1. The van der Waals surface area contributed by atoms with Gasteiger partial charge >= 0.3 is 0 Å². The van der Waals surface area contributed by atoms with Crippen LogP contribution in [0, 0.1) is 0 Å². The third kappa shape index (κ3) is 2.78. The van der Waals surface area contributed by atoms with Gasteiger partial charge in [-0.3, -0.25) is 4.79 Å². The Balaban J connectivity index is 2.64. The number of carbonyl (C=O) groups excluding carboxylic acids is 1. The van der Waals surface area contributed by atoms with Gasteiger partial charge in [0.1, 0.15) is 11.5 Å². The molecule has 0 aromatic heterocycles. The van der Waals surface area contributed by atoms with E-state index in [2.05, 4.69) is 0 Å². The van der Waals surface area contributed by atoms with E-state index in [0.717, 1.165) is 0 Å². The minimum atomic E-state index is -0.440. The number of Topliss-reactive ketones (excluding diaryl/α,β-unsaturated/α-hetero) is 1. The lowest BCUT2D eigenvalue weighted by Crippen LogP contribution is -2.20. The van der Waals surface area contributed by atoms with Gasteiger partial charge in [-0.05, 0) is 38.1 Å². The molecule has 0 saturated carbocycles. The van der Waals surface area contributed by atoms with Crippen molar-refractivity contribution in [3.63, 3.8) is 0 Å². The van der Waals surface area contributed by atoms with Gasteiger partial charge in [-0.25, -0.2) is 0 Å². The van der Waals surface area contributed by atoms with Gasteiger partial charge in [0.05, 0.1) is 0 Å².